The van der Waals surface area contributed by atoms with Crippen LogP contribution >= 0.6 is 0 Å². The van der Waals surface area contributed by atoms with Gasteiger partial charge in [-0.05, 0) is 6.42 Å². The third-order valence-corrected chi connectivity index (χ3v) is 1.23. The summed E-state index contributed by atoms with van der Waals surface area (Å²) in [5.41, 5.74) is 0. The molecule has 0 unspecified atom stereocenters. The number of nitrogens with zero attached hydrogens (tertiary/aromatic N) is 1. The topological polar surface area (TPSA) is 38.1 Å². The Morgan fingerprint density at radius 1 is 1.80 bits per heavy atom. The lowest BCUT2D eigenvalue weighted by Crippen LogP contribution is -2.00. The number of hydrogen-bond donors (Lipinski definition) is 1. The van der Waals surface area contributed by atoms with E-state index in [1.807, 2.05) is 0 Å². The molecule has 0 aromatic carbocycles. The molecule has 10 heavy (non-hydrogen) atoms. The first-order valence-corrected chi connectivity index (χ1v) is 3.49. The van der Waals surface area contributed by atoms with Crippen molar-refractivity contribution in [3.63, 3.8) is 0 Å². The number of rotatable bonds is 4. The van der Waals surface area contributed by atoms with Crippen molar-refractivity contribution in [3.05, 3.63) is 12.7 Å². The van der Waals surface area contributed by atoms with Crippen molar-refractivity contribution in [1.82, 2.24) is 4.98 Å². The van der Waals surface area contributed by atoms with Crippen LogP contribution in [0.4, 0.5) is 5.82 Å². The van der Waals surface area contributed by atoms with E-state index in [1.54, 1.807) is 6.26 Å². The van der Waals surface area contributed by atoms with Crippen LogP contribution in [-0.4, -0.2) is 11.5 Å². The summed E-state index contributed by atoms with van der Waals surface area (Å²) in [4.78, 5) is 3.79. The van der Waals surface area contributed by atoms with Crippen LogP contribution in [0.25, 0.3) is 0 Å². The van der Waals surface area contributed by atoms with E-state index < -0.39 is 0 Å². The zero-order valence-corrected chi connectivity index (χ0v) is 6.05. The van der Waals surface area contributed by atoms with Crippen LogP contribution in [0.15, 0.2) is 10.7 Å². The predicted octanol–water partition coefficient (Wildman–Crippen LogP) is 1.69. The van der Waals surface area contributed by atoms with Crippen LogP contribution in [0.1, 0.15) is 19.8 Å². The van der Waals surface area contributed by atoms with Crippen LogP contribution in [0, 0.1) is 6.39 Å². The molecule has 3 heteroatoms. The molecule has 0 bridgehead atoms. The minimum absolute atomic E-state index is 0.772. The maximum absolute atomic E-state index is 4.65. The van der Waals surface area contributed by atoms with Gasteiger partial charge in [-0.3, -0.25) is 0 Å². The number of nitrogens with one attached hydrogen (secondary N) is 1. The lowest BCUT2D eigenvalue weighted by molar-refractivity contribution is 0.548. The van der Waals surface area contributed by atoms with E-state index in [9.17, 15) is 0 Å². The second-order valence-corrected chi connectivity index (χ2v) is 2.10. The number of anilines is 1. The zero-order valence-electron chi connectivity index (χ0n) is 6.05. The number of oxazole rings is 1. The Morgan fingerprint density at radius 3 is 3.30 bits per heavy atom. The molecular formula is C7H11N2O. The summed E-state index contributed by atoms with van der Waals surface area (Å²) in [5.74, 6) is 0.772. The molecule has 0 fully saturated rings. The van der Waals surface area contributed by atoms with E-state index in [1.165, 1.54) is 6.42 Å². The first-order valence-electron chi connectivity index (χ1n) is 3.49. The number of hydrogen-bond acceptors (Lipinski definition) is 3. The Hall–Kier alpha value is -0.990. The molecule has 1 radical (unpaired) electrons. The fourth-order valence-corrected chi connectivity index (χ4v) is 0.658. The molecule has 0 atom stereocenters. The molecule has 3 nitrogen and oxygen atoms in total. The second-order valence-electron chi connectivity index (χ2n) is 2.10. The Labute approximate surface area is 60.5 Å². The van der Waals surface area contributed by atoms with Crippen LogP contribution in [0.2, 0.25) is 0 Å². The van der Waals surface area contributed by atoms with Crippen LogP contribution < -0.4 is 5.32 Å². The molecule has 0 aliphatic rings. The highest BCUT2D eigenvalue weighted by molar-refractivity contribution is 5.27. The summed E-state index contributed by atoms with van der Waals surface area (Å²) in [5, 5.41) is 3.09. The van der Waals surface area contributed by atoms with Crippen molar-refractivity contribution in [2.75, 3.05) is 11.9 Å². The largest absolute Gasteiger partial charge is 0.439 e. The van der Waals surface area contributed by atoms with Gasteiger partial charge in [-0.15, -0.1) is 0 Å². The molecule has 0 saturated heterocycles. The van der Waals surface area contributed by atoms with Gasteiger partial charge >= 0.3 is 0 Å². The van der Waals surface area contributed by atoms with E-state index in [-0.39, 0.29) is 0 Å². The lowest BCUT2D eigenvalue weighted by Gasteiger charge is -1.97. The van der Waals surface area contributed by atoms with Crippen molar-refractivity contribution in [2.24, 2.45) is 0 Å². The van der Waals surface area contributed by atoms with Gasteiger partial charge in [-0.1, -0.05) is 13.3 Å². The van der Waals surface area contributed by atoms with E-state index in [2.05, 4.69) is 28.0 Å². The average Bonchev–Trinajstić information content (AvgIpc) is 2.41. The van der Waals surface area contributed by atoms with Crippen molar-refractivity contribution < 1.29 is 4.42 Å². The lowest BCUT2D eigenvalue weighted by atomic mass is 10.3. The molecule has 1 aromatic heterocycles. The molecule has 0 aliphatic heterocycles. The van der Waals surface area contributed by atoms with Gasteiger partial charge in [0.05, 0.1) is 0 Å². The van der Waals surface area contributed by atoms with Gasteiger partial charge in [0.15, 0.2) is 5.82 Å². The third kappa shape index (κ3) is 2.09. The van der Waals surface area contributed by atoms with Crippen LogP contribution in [0.5, 0.6) is 0 Å². The Bertz CT molecular complexity index is 160. The second kappa shape index (κ2) is 3.93. The maximum atomic E-state index is 4.65. The first kappa shape index (κ1) is 7.12. The average molecular weight is 139 g/mol. The molecular weight excluding hydrogens is 128 g/mol. The molecule has 0 amide bonds. The SMILES string of the molecule is CCCCNc1co[c]n1. The highest BCUT2D eigenvalue weighted by atomic mass is 16.3. The van der Waals surface area contributed by atoms with Crippen LogP contribution in [-0.2, 0) is 0 Å². The number of aromatic nitrogens is 1. The standard InChI is InChI=1S/C7H11N2O/c1-2-3-4-8-7-5-10-6-9-7/h5,8H,2-4H2,1H3. The molecule has 55 valence electrons. The molecule has 0 spiro atoms. The van der Waals surface area contributed by atoms with E-state index in [0.29, 0.717) is 0 Å². The number of unbranched alkanes of at least 4 members (excludes halogenated alkanes) is 1. The van der Waals surface area contributed by atoms with Gasteiger partial charge < -0.3 is 9.73 Å². The van der Waals surface area contributed by atoms with Gasteiger partial charge in [0, 0.05) is 6.54 Å². The minimum atomic E-state index is 0.772. The zero-order chi connectivity index (χ0) is 7.23. The Morgan fingerprint density at radius 2 is 2.70 bits per heavy atom. The quantitative estimate of drug-likeness (QED) is 0.645. The minimum Gasteiger partial charge on any atom is -0.439 e. The Kier molecular flexibility index (Phi) is 2.80. The van der Waals surface area contributed by atoms with Crippen LogP contribution in [0.3, 0.4) is 0 Å². The molecule has 1 rings (SSSR count). The van der Waals surface area contributed by atoms with Gasteiger partial charge in [0.2, 0.25) is 0 Å². The predicted molar refractivity (Wildman–Crippen MR) is 38.7 cm³/mol. The molecule has 1 heterocycles. The first-order chi connectivity index (χ1) is 4.93. The van der Waals surface area contributed by atoms with E-state index >= 15 is 0 Å². The van der Waals surface area contributed by atoms with E-state index in [0.717, 1.165) is 18.8 Å². The summed E-state index contributed by atoms with van der Waals surface area (Å²) in [6.45, 7) is 3.10. The van der Waals surface area contributed by atoms with Gasteiger partial charge in [0.25, 0.3) is 6.39 Å². The fraction of sp³-hybridized carbons (Fsp3) is 0.571. The van der Waals surface area contributed by atoms with E-state index in [4.69, 9.17) is 0 Å². The monoisotopic (exact) mass is 139 g/mol. The smallest absolute Gasteiger partial charge is 0.285 e. The van der Waals surface area contributed by atoms with Gasteiger partial charge in [0.1, 0.15) is 6.26 Å². The van der Waals surface area contributed by atoms with Crippen molar-refractivity contribution in [2.45, 2.75) is 19.8 Å². The molecule has 1 aromatic rings. The summed E-state index contributed by atoms with van der Waals surface area (Å²) >= 11 is 0. The summed E-state index contributed by atoms with van der Waals surface area (Å²) < 4.78 is 4.65. The highest BCUT2D eigenvalue weighted by Crippen LogP contribution is 2.00. The highest BCUT2D eigenvalue weighted by Gasteiger charge is 1.91. The third-order valence-electron chi connectivity index (χ3n) is 1.23. The molecule has 0 saturated carbocycles. The fourth-order valence-electron chi connectivity index (χ4n) is 0.658. The molecule has 1 N–H and O–H groups in total. The summed E-state index contributed by atoms with van der Waals surface area (Å²) in [7, 11) is 0. The summed E-state index contributed by atoms with van der Waals surface area (Å²) in [6, 6.07) is 0. The molecule has 0 aliphatic carbocycles. The van der Waals surface area contributed by atoms with Crippen molar-refractivity contribution in [1.29, 1.82) is 0 Å². The maximum Gasteiger partial charge on any atom is 0.285 e. The van der Waals surface area contributed by atoms with Gasteiger partial charge in [-0.25, -0.2) is 0 Å². The van der Waals surface area contributed by atoms with Gasteiger partial charge in [-0.2, -0.15) is 4.98 Å². The van der Waals surface area contributed by atoms with Crippen molar-refractivity contribution in [3.8, 4) is 0 Å². The van der Waals surface area contributed by atoms with Crippen molar-refractivity contribution >= 4 is 5.82 Å². The Balaban J connectivity index is 2.15. The normalized spacial score (nSPS) is 9.70. The summed E-state index contributed by atoms with van der Waals surface area (Å²) in [6.07, 6.45) is 6.27.